The van der Waals surface area contributed by atoms with Crippen LogP contribution in [0.4, 0.5) is 0 Å². The topological polar surface area (TPSA) is 93.9 Å². The summed E-state index contributed by atoms with van der Waals surface area (Å²) >= 11 is 0. The van der Waals surface area contributed by atoms with Crippen molar-refractivity contribution in [2.24, 2.45) is 0 Å². The minimum Gasteiger partial charge on any atom is -0.345 e. The number of nitrogens with one attached hydrogen (secondary N) is 1. The highest BCUT2D eigenvalue weighted by molar-refractivity contribution is 7.94. The van der Waals surface area contributed by atoms with E-state index in [1.54, 1.807) is 16.9 Å². The lowest BCUT2D eigenvalue weighted by Crippen LogP contribution is -2.35. The molecule has 1 atom stereocenters. The predicted molar refractivity (Wildman–Crippen MR) is 97.3 cm³/mol. The molecule has 3 aromatic rings. The Labute approximate surface area is 150 Å². The average molecular weight is 368 g/mol. The third kappa shape index (κ3) is 3.36. The van der Waals surface area contributed by atoms with E-state index in [-0.39, 0.29) is 11.7 Å². The van der Waals surface area contributed by atoms with Crippen molar-refractivity contribution in [1.29, 1.82) is 0 Å². The number of amides is 1. The van der Waals surface area contributed by atoms with Crippen LogP contribution in [0.1, 0.15) is 15.9 Å². The molecule has 0 fully saturated rings. The molecule has 8 heteroatoms. The van der Waals surface area contributed by atoms with E-state index in [0.717, 1.165) is 16.4 Å². The molecule has 26 heavy (non-hydrogen) atoms. The zero-order chi connectivity index (χ0) is 18.1. The molecule has 1 unspecified atom stereocenters. The van der Waals surface area contributed by atoms with Gasteiger partial charge in [-0.15, -0.1) is 0 Å². The van der Waals surface area contributed by atoms with Crippen molar-refractivity contribution in [1.82, 2.24) is 20.1 Å². The van der Waals surface area contributed by atoms with Gasteiger partial charge in [-0.2, -0.15) is 5.10 Å². The summed E-state index contributed by atoms with van der Waals surface area (Å²) in [5.41, 5.74) is 2.17. The van der Waals surface area contributed by atoms with Gasteiger partial charge in [0.05, 0.1) is 30.1 Å². The van der Waals surface area contributed by atoms with Crippen LogP contribution in [0.5, 0.6) is 0 Å². The third-order valence-corrected chi connectivity index (χ3v) is 5.56. The zero-order valence-electron chi connectivity index (χ0n) is 13.7. The molecule has 0 aliphatic carbocycles. The van der Waals surface area contributed by atoms with Crippen molar-refractivity contribution in [3.05, 3.63) is 71.4 Å². The first kappa shape index (κ1) is 16.5. The summed E-state index contributed by atoms with van der Waals surface area (Å²) in [6.07, 6.45) is 4.63. The molecular weight excluding hydrogens is 352 g/mol. The van der Waals surface area contributed by atoms with Crippen molar-refractivity contribution in [3.8, 4) is 0 Å². The van der Waals surface area contributed by atoms with Gasteiger partial charge in [0.2, 0.25) is 0 Å². The van der Waals surface area contributed by atoms with Gasteiger partial charge >= 0.3 is 0 Å². The maximum absolute atomic E-state index is 12.3. The fraction of sp³-hybridized carbons (Fsp3) is 0.167. The second-order valence-electron chi connectivity index (χ2n) is 6.16. The summed E-state index contributed by atoms with van der Waals surface area (Å²) in [5, 5.41) is 8.92. The number of nitrogens with zero attached hydrogens (tertiary/aromatic N) is 3. The number of sulfone groups is 1. The fourth-order valence-corrected chi connectivity index (χ4v) is 4.12. The quantitative estimate of drug-likeness (QED) is 0.753. The lowest BCUT2D eigenvalue weighted by atomic mass is 10.2. The van der Waals surface area contributed by atoms with Gasteiger partial charge in [0.1, 0.15) is 0 Å². The van der Waals surface area contributed by atoms with Crippen LogP contribution in [0.15, 0.2) is 60.3 Å². The number of carbonyl (C=O) groups excluding carboxylic acids is 1. The van der Waals surface area contributed by atoms with E-state index in [0.29, 0.717) is 17.8 Å². The monoisotopic (exact) mass is 368 g/mol. The van der Waals surface area contributed by atoms with Crippen molar-refractivity contribution in [2.45, 2.75) is 12.6 Å². The molecule has 1 aromatic carbocycles. The minimum absolute atomic E-state index is 0.108. The largest absolute Gasteiger partial charge is 0.345 e. The molecule has 3 heterocycles. The molecule has 0 saturated heterocycles. The highest BCUT2D eigenvalue weighted by Gasteiger charge is 2.23. The van der Waals surface area contributed by atoms with Gasteiger partial charge < -0.3 is 5.32 Å². The van der Waals surface area contributed by atoms with Crippen molar-refractivity contribution >= 4 is 26.8 Å². The normalized spacial score (nSPS) is 18.2. The van der Waals surface area contributed by atoms with E-state index in [1.165, 1.54) is 12.3 Å². The summed E-state index contributed by atoms with van der Waals surface area (Å²) in [4.78, 5) is 16.7. The summed E-state index contributed by atoms with van der Waals surface area (Å²) in [6.45, 7) is 0.591. The molecule has 0 spiro atoms. The highest BCUT2D eigenvalue weighted by atomic mass is 32.2. The molecule has 7 nitrogen and oxygen atoms in total. The lowest BCUT2D eigenvalue weighted by molar-refractivity contribution is 0.0947. The molecule has 4 rings (SSSR count). The molecule has 1 amide bonds. The third-order valence-electron chi connectivity index (χ3n) is 4.16. The Kier molecular flexibility index (Phi) is 4.04. The van der Waals surface area contributed by atoms with Crippen LogP contribution in [-0.4, -0.2) is 40.9 Å². The second-order valence-corrected chi connectivity index (χ2v) is 8.09. The van der Waals surface area contributed by atoms with Crippen molar-refractivity contribution < 1.29 is 13.2 Å². The van der Waals surface area contributed by atoms with Crippen LogP contribution < -0.4 is 5.32 Å². The van der Waals surface area contributed by atoms with Gasteiger partial charge in [-0.25, -0.2) is 18.1 Å². The van der Waals surface area contributed by atoms with Crippen molar-refractivity contribution in [2.75, 3.05) is 5.75 Å². The van der Waals surface area contributed by atoms with Gasteiger partial charge in [-0.3, -0.25) is 4.79 Å². The van der Waals surface area contributed by atoms with E-state index in [1.807, 2.05) is 30.3 Å². The number of hydrogen-bond donors (Lipinski definition) is 1. The molecule has 132 valence electrons. The van der Waals surface area contributed by atoms with E-state index in [9.17, 15) is 13.2 Å². The summed E-state index contributed by atoms with van der Waals surface area (Å²) in [5.74, 6) is -0.467. The molecule has 0 radical (unpaired) electrons. The van der Waals surface area contributed by atoms with Crippen LogP contribution in [0.25, 0.3) is 11.0 Å². The number of fused-ring (bicyclic) bond motifs is 1. The number of benzene rings is 1. The van der Waals surface area contributed by atoms with Crippen LogP contribution in [0.3, 0.4) is 0 Å². The van der Waals surface area contributed by atoms with Gasteiger partial charge in [-0.05, 0) is 17.7 Å². The standard InChI is InChI=1S/C18H16N4O3S/c23-18(21-16-6-7-26(24,25)12-16)15-8-14-10-20-22(17(14)19-9-15)11-13-4-2-1-3-5-13/h1-10,16H,11-12H2,(H,21,23). The first-order valence-electron chi connectivity index (χ1n) is 8.07. The van der Waals surface area contributed by atoms with Gasteiger partial charge in [0, 0.05) is 17.0 Å². The maximum atomic E-state index is 12.3. The fourth-order valence-electron chi connectivity index (χ4n) is 2.89. The van der Waals surface area contributed by atoms with Crippen LogP contribution >= 0.6 is 0 Å². The first-order chi connectivity index (χ1) is 12.5. The Morgan fingerprint density at radius 3 is 2.77 bits per heavy atom. The van der Waals surface area contributed by atoms with Crippen LogP contribution in [0.2, 0.25) is 0 Å². The highest BCUT2D eigenvalue weighted by Crippen LogP contribution is 2.15. The summed E-state index contributed by atoms with van der Waals surface area (Å²) in [6, 6.07) is 11.1. The van der Waals surface area contributed by atoms with E-state index >= 15 is 0 Å². The minimum atomic E-state index is -3.21. The molecule has 1 aliphatic heterocycles. The number of aromatic nitrogens is 3. The van der Waals surface area contributed by atoms with E-state index in [4.69, 9.17) is 0 Å². The van der Waals surface area contributed by atoms with Gasteiger partial charge in [0.15, 0.2) is 15.5 Å². The van der Waals surface area contributed by atoms with Crippen molar-refractivity contribution in [3.63, 3.8) is 0 Å². The number of carbonyl (C=O) groups is 1. The summed E-state index contributed by atoms with van der Waals surface area (Å²) < 4.78 is 24.6. The second kappa shape index (κ2) is 6.38. The molecular formula is C18H16N4O3S. The molecule has 1 N–H and O–H groups in total. The smallest absolute Gasteiger partial charge is 0.253 e. The molecule has 1 aliphatic rings. The SMILES string of the molecule is O=C(NC1C=CS(=O)(=O)C1)c1cnc2c(cnn2Cc2ccccc2)c1. The molecule has 2 aromatic heterocycles. The molecule has 0 saturated carbocycles. The maximum Gasteiger partial charge on any atom is 0.253 e. The van der Waals surface area contributed by atoms with Gasteiger partial charge in [0.25, 0.3) is 5.91 Å². The first-order valence-corrected chi connectivity index (χ1v) is 9.79. The average Bonchev–Trinajstić information content (AvgIpc) is 3.18. The number of pyridine rings is 1. The predicted octanol–water partition coefficient (Wildman–Crippen LogP) is 1.52. The van der Waals surface area contributed by atoms with Crippen LogP contribution in [-0.2, 0) is 16.4 Å². The van der Waals surface area contributed by atoms with Gasteiger partial charge in [-0.1, -0.05) is 30.3 Å². The molecule has 0 bridgehead atoms. The lowest BCUT2D eigenvalue weighted by Gasteiger charge is -2.10. The Morgan fingerprint density at radius 2 is 2.04 bits per heavy atom. The Hall–Kier alpha value is -3.00. The Bertz CT molecular complexity index is 1100. The number of rotatable bonds is 4. The Balaban J connectivity index is 1.53. The Morgan fingerprint density at radius 1 is 1.23 bits per heavy atom. The number of hydrogen-bond acceptors (Lipinski definition) is 5. The summed E-state index contributed by atoms with van der Waals surface area (Å²) in [7, 11) is -3.21. The zero-order valence-corrected chi connectivity index (χ0v) is 14.6. The van der Waals surface area contributed by atoms with Crippen LogP contribution in [0, 0.1) is 0 Å². The van der Waals surface area contributed by atoms with E-state index < -0.39 is 15.9 Å². The van der Waals surface area contributed by atoms with E-state index in [2.05, 4.69) is 15.4 Å².